The summed E-state index contributed by atoms with van der Waals surface area (Å²) in [6, 6.07) is -0.719. The molecule has 0 aromatic rings. The van der Waals surface area contributed by atoms with E-state index in [1.54, 1.807) is 0 Å². The molecular formula is C62H113NO5. The number of hydrogen-bond acceptors (Lipinski definition) is 5. The van der Waals surface area contributed by atoms with Crippen molar-refractivity contribution in [3.05, 3.63) is 60.8 Å². The largest absolute Gasteiger partial charge is 0.462 e. The molecule has 0 aliphatic rings. The van der Waals surface area contributed by atoms with E-state index < -0.39 is 18.2 Å². The van der Waals surface area contributed by atoms with Gasteiger partial charge in [-0.05, 0) is 89.9 Å². The summed E-state index contributed by atoms with van der Waals surface area (Å²) < 4.78 is 5.93. The number of rotatable bonds is 53. The molecule has 0 bridgehead atoms. The minimum atomic E-state index is -0.803. The van der Waals surface area contributed by atoms with Crippen molar-refractivity contribution >= 4 is 11.9 Å². The summed E-state index contributed by atoms with van der Waals surface area (Å²) in [5, 5.41) is 23.9. The van der Waals surface area contributed by atoms with Gasteiger partial charge in [0.15, 0.2) is 0 Å². The Morgan fingerprint density at radius 3 is 1.19 bits per heavy atom. The highest BCUT2D eigenvalue weighted by Gasteiger charge is 2.24. The average molecular weight is 953 g/mol. The molecule has 0 aromatic carbocycles. The number of ether oxygens (including phenoxy) is 1. The molecule has 3 atom stereocenters. The SMILES string of the molecule is CCCCC/C=C\C/C=C\C/C=C\C/C=C\CCCC(=O)OC(CCCCC/C=C/CCCCCCCCCCC)CC(=O)NC(CO)C(O)CCCCCCCCCCCCCCCCCC. The zero-order valence-electron chi connectivity index (χ0n) is 45.2. The summed E-state index contributed by atoms with van der Waals surface area (Å²) in [4.78, 5) is 26.3. The summed E-state index contributed by atoms with van der Waals surface area (Å²) in [5.41, 5.74) is 0. The number of nitrogens with one attached hydrogen (secondary N) is 1. The number of aliphatic hydroxyl groups is 2. The topological polar surface area (TPSA) is 95.9 Å². The van der Waals surface area contributed by atoms with Gasteiger partial charge in [0, 0.05) is 6.42 Å². The lowest BCUT2D eigenvalue weighted by atomic mass is 10.0. The monoisotopic (exact) mass is 952 g/mol. The van der Waals surface area contributed by atoms with E-state index in [0.717, 1.165) is 77.0 Å². The highest BCUT2D eigenvalue weighted by atomic mass is 16.5. The van der Waals surface area contributed by atoms with E-state index in [2.05, 4.69) is 86.8 Å². The second kappa shape index (κ2) is 55.5. The summed E-state index contributed by atoms with van der Waals surface area (Å²) in [6.45, 7) is 6.47. The number of esters is 1. The Bertz CT molecular complexity index is 1210. The van der Waals surface area contributed by atoms with Crippen molar-refractivity contribution in [1.82, 2.24) is 5.32 Å². The molecule has 68 heavy (non-hydrogen) atoms. The first kappa shape index (κ1) is 65.6. The lowest BCUT2D eigenvalue weighted by molar-refractivity contribution is -0.151. The number of amides is 1. The van der Waals surface area contributed by atoms with Gasteiger partial charge < -0.3 is 20.3 Å². The first-order chi connectivity index (χ1) is 33.5. The van der Waals surface area contributed by atoms with Crippen LogP contribution < -0.4 is 5.32 Å². The van der Waals surface area contributed by atoms with Crippen molar-refractivity contribution in [1.29, 1.82) is 0 Å². The highest BCUT2D eigenvalue weighted by Crippen LogP contribution is 2.18. The number of unbranched alkanes of at least 4 members (excludes halogenated alkanes) is 31. The molecule has 0 aliphatic carbocycles. The van der Waals surface area contributed by atoms with Crippen molar-refractivity contribution in [3.8, 4) is 0 Å². The Balaban J connectivity index is 4.65. The van der Waals surface area contributed by atoms with E-state index in [9.17, 15) is 19.8 Å². The number of carbonyl (C=O) groups excluding carboxylic acids is 2. The third-order valence-electron chi connectivity index (χ3n) is 13.3. The predicted molar refractivity (Wildman–Crippen MR) is 296 cm³/mol. The van der Waals surface area contributed by atoms with Crippen molar-refractivity contribution in [2.24, 2.45) is 0 Å². The molecule has 0 heterocycles. The Morgan fingerprint density at radius 1 is 0.426 bits per heavy atom. The summed E-state index contributed by atoms with van der Waals surface area (Å²) in [7, 11) is 0. The molecular weight excluding hydrogens is 839 g/mol. The molecule has 0 fully saturated rings. The molecule has 0 saturated carbocycles. The Morgan fingerprint density at radius 2 is 0.750 bits per heavy atom. The van der Waals surface area contributed by atoms with E-state index >= 15 is 0 Å². The van der Waals surface area contributed by atoms with Gasteiger partial charge in [-0.15, -0.1) is 0 Å². The fraction of sp³-hybridized carbons (Fsp3) is 0.806. The van der Waals surface area contributed by atoms with Gasteiger partial charge in [-0.3, -0.25) is 9.59 Å². The molecule has 396 valence electrons. The van der Waals surface area contributed by atoms with E-state index in [-0.39, 0.29) is 24.9 Å². The van der Waals surface area contributed by atoms with Crippen LogP contribution in [0.2, 0.25) is 0 Å². The van der Waals surface area contributed by atoms with Gasteiger partial charge in [-0.1, -0.05) is 255 Å². The Hall–Kier alpha value is -2.44. The maximum atomic E-state index is 13.3. The third-order valence-corrected chi connectivity index (χ3v) is 13.3. The van der Waals surface area contributed by atoms with E-state index in [1.165, 1.54) is 167 Å². The zero-order chi connectivity index (χ0) is 49.5. The fourth-order valence-corrected chi connectivity index (χ4v) is 8.83. The van der Waals surface area contributed by atoms with Crippen molar-refractivity contribution in [2.45, 2.75) is 315 Å². The van der Waals surface area contributed by atoms with Crippen LogP contribution in [0.3, 0.4) is 0 Å². The number of hydrogen-bond donors (Lipinski definition) is 3. The minimum absolute atomic E-state index is 0.0455. The lowest BCUT2D eigenvalue weighted by Crippen LogP contribution is -2.46. The van der Waals surface area contributed by atoms with Crippen LogP contribution in [0.25, 0.3) is 0 Å². The molecule has 1 amide bonds. The second-order valence-electron chi connectivity index (χ2n) is 20.0. The normalized spacial score (nSPS) is 13.5. The average Bonchev–Trinajstić information content (AvgIpc) is 3.33. The molecule has 0 rings (SSSR count). The van der Waals surface area contributed by atoms with Gasteiger partial charge in [0.2, 0.25) is 5.91 Å². The van der Waals surface area contributed by atoms with E-state index in [4.69, 9.17) is 4.74 Å². The molecule has 3 unspecified atom stereocenters. The van der Waals surface area contributed by atoms with Crippen LogP contribution in [0.5, 0.6) is 0 Å². The second-order valence-corrected chi connectivity index (χ2v) is 20.0. The lowest BCUT2D eigenvalue weighted by Gasteiger charge is -2.24. The smallest absolute Gasteiger partial charge is 0.306 e. The summed E-state index contributed by atoms with van der Waals surface area (Å²) in [6.07, 6.45) is 70.0. The Labute approximate surface area is 422 Å². The van der Waals surface area contributed by atoms with Gasteiger partial charge in [0.1, 0.15) is 6.10 Å². The van der Waals surface area contributed by atoms with Crippen LogP contribution in [0.1, 0.15) is 297 Å². The van der Waals surface area contributed by atoms with E-state index in [1.807, 2.05) is 0 Å². The summed E-state index contributed by atoms with van der Waals surface area (Å²) in [5.74, 6) is -0.547. The molecule has 6 heteroatoms. The molecule has 0 spiro atoms. The zero-order valence-corrected chi connectivity index (χ0v) is 45.2. The maximum Gasteiger partial charge on any atom is 0.306 e. The third kappa shape index (κ3) is 50.0. The molecule has 0 aromatic heterocycles. The number of allylic oxidation sites excluding steroid dienone is 10. The van der Waals surface area contributed by atoms with Crippen LogP contribution >= 0.6 is 0 Å². The summed E-state index contributed by atoms with van der Waals surface area (Å²) >= 11 is 0. The first-order valence-electron chi connectivity index (χ1n) is 29.5. The van der Waals surface area contributed by atoms with Crippen LogP contribution in [-0.2, 0) is 14.3 Å². The molecule has 0 saturated heterocycles. The predicted octanol–water partition coefficient (Wildman–Crippen LogP) is 18.4. The van der Waals surface area contributed by atoms with Gasteiger partial charge in [0.05, 0.1) is 25.2 Å². The number of carbonyl (C=O) groups is 2. The van der Waals surface area contributed by atoms with Crippen molar-refractivity contribution in [2.75, 3.05) is 6.61 Å². The molecule has 6 nitrogen and oxygen atoms in total. The maximum absolute atomic E-state index is 13.3. The van der Waals surface area contributed by atoms with Gasteiger partial charge in [-0.2, -0.15) is 0 Å². The first-order valence-corrected chi connectivity index (χ1v) is 29.5. The van der Waals surface area contributed by atoms with Gasteiger partial charge in [-0.25, -0.2) is 0 Å². The molecule has 0 radical (unpaired) electrons. The standard InChI is InChI=1S/C62H113NO5/c1-4-7-10-13-16-19-22-25-28-31-34-37-40-43-46-49-52-55-62(67)68-58(53-50-47-44-41-38-35-32-29-26-23-20-17-14-11-8-5-2)56-61(66)63-59(57-64)60(65)54-51-48-45-42-39-36-33-30-27-24-21-18-15-12-9-6-3/h16,19,25,28,34-35,37-38,43,46,58-60,64-65H,4-15,17-18,20-24,26-27,29-33,36,39-42,44-45,47-57H2,1-3H3,(H,63,66)/b19-16-,28-25-,37-34-,38-35+,46-43-. The Kier molecular flexibility index (Phi) is 53.5. The van der Waals surface area contributed by atoms with Crippen LogP contribution in [0, 0.1) is 0 Å². The van der Waals surface area contributed by atoms with E-state index in [0.29, 0.717) is 25.7 Å². The van der Waals surface area contributed by atoms with Gasteiger partial charge in [0.25, 0.3) is 0 Å². The quantitative estimate of drug-likeness (QED) is 0.0321. The fourth-order valence-electron chi connectivity index (χ4n) is 8.83. The number of aliphatic hydroxyl groups excluding tert-OH is 2. The molecule has 3 N–H and O–H groups in total. The highest BCUT2D eigenvalue weighted by molar-refractivity contribution is 5.77. The van der Waals surface area contributed by atoms with Gasteiger partial charge >= 0.3 is 5.97 Å². The van der Waals surface area contributed by atoms with Crippen molar-refractivity contribution < 1.29 is 24.5 Å². The van der Waals surface area contributed by atoms with Crippen LogP contribution in [-0.4, -0.2) is 46.9 Å². The molecule has 0 aliphatic heterocycles. The minimum Gasteiger partial charge on any atom is -0.462 e. The van der Waals surface area contributed by atoms with Crippen molar-refractivity contribution in [3.63, 3.8) is 0 Å². The van der Waals surface area contributed by atoms with Crippen LogP contribution in [0.15, 0.2) is 60.8 Å². The van der Waals surface area contributed by atoms with Crippen LogP contribution in [0.4, 0.5) is 0 Å².